The third-order valence-electron chi connectivity index (χ3n) is 4.68. The molecule has 1 saturated carbocycles. The summed E-state index contributed by atoms with van der Waals surface area (Å²) in [5.41, 5.74) is 5.71. The largest absolute Gasteiger partial charge is 0.324 e. The zero-order valence-corrected chi connectivity index (χ0v) is 12.2. The number of piperidine rings is 1. The Balaban J connectivity index is 1.96. The van der Waals surface area contributed by atoms with Crippen LogP contribution < -0.4 is 10.5 Å². The van der Waals surface area contributed by atoms with Crippen molar-refractivity contribution < 1.29 is 8.42 Å². The summed E-state index contributed by atoms with van der Waals surface area (Å²) in [6.45, 7) is 5.01. The molecule has 0 aromatic rings. The monoisotopic (exact) mass is 275 g/mol. The van der Waals surface area contributed by atoms with Crippen LogP contribution in [0.2, 0.25) is 0 Å². The minimum absolute atomic E-state index is 0.225. The van der Waals surface area contributed by atoms with Crippen molar-refractivity contribution >= 4 is 10.2 Å². The maximum Gasteiger partial charge on any atom is 0.279 e. The minimum atomic E-state index is -3.34. The first-order valence-electron chi connectivity index (χ1n) is 6.95. The molecule has 1 aliphatic heterocycles. The average molecular weight is 275 g/mol. The summed E-state index contributed by atoms with van der Waals surface area (Å²) < 4.78 is 28.9. The van der Waals surface area contributed by atoms with Crippen LogP contribution >= 0.6 is 0 Å². The fourth-order valence-corrected chi connectivity index (χ4v) is 4.62. The summed E-state index contributed by atoms with van der Waals surface area (Å²) >= 11 is 0. The Hall–Kier alpha value is -0.170. The van der Waals surface area contributed by atoms with Gasteiger partial charge in [-0.05, 0) is 38.0 Å². The first-order chi connectivity index (χ1) is 8.40. The van der Waals surface area contributed by atoms with E-state index in [0.717, 1.165) is 25.7 Å². The second kappa shape index (κ2) is 5.07. The molecule has 106 valence electrons. The minimum Gasteiger partial charge on any atom is -0.324 e. The summed E-state index contributed by atoms with van der Waals surface area (Å²) in [7, 11) is -3.34. The molecule has 2 aliphatic rings. The molecule has 1 aliphatic carbocycles. The number of hydrogen-bond donors (Lipinski definition) is 2. The number of nitrogens with one attached hydrogen (secondary N) is 1. The number of rotatable bonds is 6. The summed E-state index contributed by atoms with van der Waals surface area (Å²) in [4.78, 5) is 0. The molecule has 0 aromatic carbocycles. The highest BCUT2D eigenvalue weighted by atomic mass is 32.2. The lowest BCUT2D eigenvalue weighted by Gasteiger charge is -2.30. The number of nitrogens with zero attached hydrogens (tertiary/aromatic N) is 1. The van der Waals surface area contributed by atoms with Crippen LogP contribution in [-0.2, 0) is 10.2 Å². The maximum absolute atomic E-state index is 12.3. The normalized spacial score (nSPS) is 29.1. The Morgan fingerprint density at radius 3 is 2.44 bits per heavy atom. The van der Waals surface area contributed by atoms with Crippen LogP contribution in [0.1, 0.15) is 46.0 Å². The van der Waals surface area contributed by atoms with Crippen LogP contribution in [0.4, 0.5) is 0 Å². The van der Waals surface area contributed by atoms with Gasteiger partial charge in [0.25, 0.3) is 10.2 Å². The van der Waals surface area contributed by atoms with Gasteiger partial charge in [0.15, 0.2) is 0 Å². The van der Waals surface area contributed by atoms with E-state index in [1.54, 1.807) is 4.31 Å². The van der Waals surface area contributed by atoms with Crippen LogP contribution in [0.25, 0.3) is 0 Å². The first-order valence-corrected chi connectivity index (χ1v) is 8.39. The lowest BCUT2D eigenvalue weighted by Crippen LogP contribution is -2.53. The molecule has 3 N–H and O–H groups in total. The van der Waals surface area contributed by atoms with Gasteiger partial charge >= 0.3 is 0 Å². The highest BCUT2D eigenvalue weighted by Gasteiger charge is 2.43. The average Bonchev–Trinajstić information content (AvgIpc) is 2.98. The van der Waals surface area contributed by atoms with E-state index in [4.69, 9.17) is 5.73 Å². The van der Waals surface area contributed by atoms with Crippen molar-refractivity contribution in [3.05, 3.63) is 0 Å². The lowest BCUT2D eigenvalue weighted by atomic mass is 9.95. The van der Waals surface area contributed by atoms with E-state index in [0.29, 0.717) is 19.0 Å². The molecule has 2 bridgehead atoms. The van der Waals surface area contributed by atoms with Gasteiger partial charge in [-0.1, -0.05) is 13.8 Å². The second-order valence-electron chi connectivity index (χ2n) is 5.80. The van der Waals surface area contributed by atoms with Crippen molar-refractivity contribution in [3.63, 3.8) is 0 Å². The topological polar surface area (TPSA) is 75.4 Å². The van der Waals surface area contributed by atoms with Crippen LogP contribution in [0.15, 0.2) is 0 Å². The smallest absolute Gasteiger partial charge is 0.279 e. The third-order valence-corrected chi connectivity index (χ3v) is 6.26. The molecule has 2 fully saturated rings. The Morgan fingerprint density at radius 2 is 2.00 bits per heavy atom. The zero-order valence-electron chi connectivity index (χ0n) is 11.4. The van der Waals surface area contributed by atoms with Crippen LogP contribution in [0.3, 0.4) is 0 Å². The molecule has 0 aromatic heterocycles. The van der Waals surface area contributed by atoms with Gasteiger partial charge in [-0.15, -0.1) is 0 Å². The molecule has 0 amide bonds. The SMILES string of the molecule is CCC(N)(CC)CNS(=O)(=O)N1CC2CCC1C2. The third kappa shape index (κ3) is 2.71. The lowest BCUT2D eigenvalue weighted by molar-refractivity contribution is 0.321. The summed E-state index contributed by atoms with van der Waals surface area (Å²) in [5, 5.41) is 0. The fraction of sp³-hybridized carbons (Fsp3) is 1.00. The van der Waals surface area contributed by atoms with E-state index in [9.17, 15) is 8.42 Å². The highest BCUT2D eigenvalue weighted by Crippen LogP contribution is 2.38. The maximum atomic E-state index is 12.3. The molecule has 1 heterocycles. The number of hydrogen-bond acceptors (Lipinski definition) is 3. The number of nitrogens with two attached hydrogens (primary N) is 1. The van der Waals surface area contributed by atoms with E-state index in [1.165, 1.54) is 6.42 Å². The van der Waals surface area contributed by atoms with E-state index < -0.39 is 15.7 Å². The Labute approximate surface area is 110 Å². The molecular formula is C12H25N3O2S. The molecule has 5 nitrogen and oxygen atoms in total. The van der Waals surface area contributed by atoms with E-state index in [1.807, 2.05) is 13.8 Å². The standard InChI is InChI=1S/C12H25N3O2S/c1-3-12(13,4-2)9-14-18(16,17)15-8-10-5-6-11(15)7-10/h10-11,14H,3-9,13H2,1-2H3. The molecule has 6 heteroatoms. The van der Waals surface area contributed by atoms with Gasteiger partial charge in [0.05, 0.1) is 0 Å². The molecule has 1 saturated heterocycles. The molecule has 0 radical (unpaired) electrons. The fourth-order valence-electron chi connectivity index (χ4n) is 2.99. The van der Waals surface area contributed by atoms with Crippen molar-refractivity contribution in [2.75, 3.05) is 13.1 Å². The van der Waals surface area contributed by atoms with E-state index in [2.05, 4.69) is 4.72 Å². The summed E-state index contributed by atoms with van der Waals surface area (Å²) in [5.74, 6) is 0.576. The quantitative estimate of drug-likeness (QED) is 0.753. The Bertz CT molecular complexity index is 392. The summed E-state index contributed by atoms with van der Waals surface area (Å²) in [6, 6.07) is 0.225. The molecular weight excluding hydrogens is 250 g/mol. The molecule has 18 heavy (non-hydrogen) atoms. The van der Waals surface area contributed by atoms with Gasteiger partial charge in [0.1, 0.15) is 0 Å². The number of fused-ring (bicyclic) bond motifs is 2. The van der Waals surface area contributed by atoms with Crippen molar-refractivity contribution in [3.8, 4) is 0 Å². The van der Waals surface area contributed by atoms with Crippen molar-refractivity contribution in [1.82, 2.24) is 9.03 Å². The van der Waals surface area contributed by atoms with Crippen molar-refractivity contribution in [1.29, 1.82) is 0 Å². The zero-order chi connectivity index (χ0) is 13.4. The Kier molecular flexibility index (Phi) is 4.02. The van der Waals surface area contributed by atoms with Crippen LogP contribution in [-0.4, -0.2) is 37.4 Å². The van der Waals surface area contributed by atoms with Gasteiger partial charge in [-0.2, -0.15) is 12.7 Å². The van der Waals surface area contributed by atoms with Gasteiger partial charge in [-0.25, -0.2) is 4.72 Å². The predicted molar refractivity (Wildman–Crippen MR) is 72.3 cm³/mol. The van der Waals surface area contributed by atoms with E-state index >= 15 is 0 Å². The van der Waals surface area contributed by atoms with Crippen LogP contribution in [0, 0.1) is 5.92 Å². The molecule has 0 spiro atoms. The van der Waals surface area contributed by atoms with E-state index in [-0.39, 0.29) is 6.04 Å². The van der Waals surface area contributed by atoms with Gasteiger partial charge in [-0.3, -0.25) is 0 Å². The Morgan fingerprint density at radius 1 is 1.33 bits per heavy atom. The van der Waals surface area contributed by atoms with Crippen molar-refractivity contribution in [2.45, 2.75) is 57.5 Å². The van der Waals surface area contributed by atoms with Crippen LogP contribution in [0.5, 0.6) is 0 Å². The van der Waals surface area contributed by atoms with Gasteiger partial charge in [0.2, 0.25) is 0 Å². The highest BCUT2D eigenvalue weighted by molar-refractivity contribution is 7.87. The first kappa shape index (κ1) is 14.2. The molecule has 2 atom stereocenters. The van der Waals surface area contributed by atoms with Gasteiger partial charge < -0.3 is 5.73 Å². The molecule has 2 rings (SSSR count). The predicted octanol–water partition coefficient (Wildman–Crippen LogP) is 0.823. The van der Waals surface area contributed by atoms with Crippen molar-refractivity contribution in [2.24, 2.45) is 11.7 Å². The second-order valence-corrected chi connectivity index (χ2v) is 7.51. The molecule has 2 unspecified atom stereocenters. The van der Waals surface area contributed by atoms with Gasteiger partial charge in [0, 0.05) is 24.7 Å². The summed E-state index contributed by atoms with van der Waals surface area (Å²) in [6.07, 6.45) is 4.79.